The first-order valence-electron chi connectivity index (χ1n) is 7.72. The molecule has 1 amide bonds. The number of rotatable bonds is 2. The Hall–Kier alpha value is -0.620. The Kier molecular flexibility index (Phi) is 3.57. The number of hydrogen-bond acceptors (Lipinski definition) is 3. The van der Waals surface area contributed by atoms with Crippen molar-refractivity contribution in [3.8, 4) is 0 Å². The van der Waals surface area contributed by atoms with Gasteiger partial charge in [0.15, 0.2) is 0 Å². The summed E-state index contributed by atoms with van der Waals surface area (Å²) >= 11 is 0. The largest absolute Gasteiger partial charge is 0.334 e. The van der Waals surface area contributed by atoms with Crippen LogP contribution in [-0.4, -0.2) is 53.5 Å². The average molecular weight is 300 g/mol. The molecule has 1 heterocycles. The normalized spacial score (nSPS) is 35.7. The molecule has 1 aliphatic heterocycles. The first-order chi connectivity index (χ1) is 9.43. The standard InChI is InChI=1S/C14H24N2O3S/c1-10-9-15(20(18,19)12-7-8-12)13-5-3-4-6-14(13)16(10)11(2)17/h10,12-14H,3-9H2,1-2H3/t10-,13?,14?/m0/s1. The minimum Gasteiger partial charge on any atom is -0.334 e. The van der Waals surface area contributed by atoms with E-state index in [0.29, 0.717) is 6.54 Å². The molecule has 3 atom stereocenters. The monoisotopic (exact) mass is 300 g/mol. The average Bonchev–Trinajstić information content (AvgIpc) is 3.21. The molecular formula is C14H24N2O3S. The molecule has 20 heavy (non-hydrogen) atoms. The van der Waals surface area contributed by atoms with Crippen molar-refractivity contribution in [2.75, 3.05) is 6.54 Å². The van der Waals surface area contributed by atoms with Crippen LogP contribution < -0.4 is 0 Å². The maximum Gasteiger partial charge on any atom is 0.220 e. The molecule has 2 unspecified atom stereocenters. The quantitative estimate of drug-likeness (QED) is 0.773. The number of nitrogens with zero attached hydrogens (tertiary/aromatic N) is 2. The van der Waals surface area contributed by atoms with Gasteiger partial charge in [-0.15, -0.1) is 0 Å². The Labute approximate surface area is 121 Å². The van der Waals surface area contributed by atoms with Crippen LogP contribution >= 0.6 is 0 Å². The second-order valence-corrected chi connectivity index (χ2v) is 8.67. The Morgan fingerprint density at radius 2 is 1.65 bits per heavy atom. The summed E-state index contributed by atoms with van der Waals surface area (Å²) in [6.45, 7) is 4.05. The van der Waals surface area contributed by atoms with Gasteiger partial charge in [-0.05, 0) is 32.6 Å². The van der Waals surface area contributed by atoms with Gasteiger partial charge in [-0.25, -0.2) is 8.42 Å². The smallest absolute Gasteiger partial charge is 0.220 e. The first-order valence-corrected chi connectivity index (χ1v) is 9.23. The molecule has 114 valence electrons. The lowest BCUT2D eigenvalue weighted by atomic mass is 9.86. The van der Waals surface area contributed by atoms with Gasteiger partial charge in [-0.3, -0.25) is 4.79 Å². The van der Waals surface area contributed by atoms with Gasteiger partial charge in [0.1, 0.15) is 0 Å². The van der Waals surface area contributed by atoms with E-state index in [1.54, 1.807) is 11.2 Å². The van der Waals surface area contributed by atoms with Crippen LogP contribution in [-0.2, 0) is 14.8 Å². The van der Waals surface area contributed by atoms with Crippen molar-refractivity contribution in [2.45, 2.75) is 75.7 Å². The number of carbonyl (C=O) groups is 1. The lowest BCUT2D eigenvalue weighted by Gasteiger charge is -2.52. The third-order valence-electron chi connectivity index (χ3n) is 4.98. The van der Waals surface area contributed by atoms with Crippen LogP contribution in [0.15, 0.2) is 0 Å². The fourth-order valence-corrected chi connectivity index (χ4v) is 6.12. The highest BCUT2D eigenvalue weighted by Crippen LogP contribution is 2.39. The zero-order chi connectivity index (χ0) is 14.5. The lowest BCUT2D eigenvalue weighted by Crippen LogP contribution is -2.66. The molecule has 0 N–H and O–H groups in total. The maximum atomic E-state index is 12.6. The van der Waals surface area contributed by atoms with Crippen molar-refractivity contribution in [3.05, 3.63) is 0 Å². The second kappa shape index (κ2) is 4.98. The van der Waals surface area contributed by atoms with E-state index in [9.17, 15) is 13.2 Å². The highest BCUT2D eigenvalue weighted by atomic mass is 32.2. The van der Waals surface area contributed by atoms with Crippen LogP contribution in [0.2, 0.25) is 0 Å². The molecule has 0 radical (unpaired) electrons. The summed E-state index contributed by atoms with van der Waals surface area (Å²) in [7, 11) is -3.15. The van der Waals surface area contributed by atoms with Gasteiger partial charge in [-0.1, -0.05) is 12.8 Å². The van der Waals surface area contributed by atoms with Crippen molar-refractivity contribution in [3.63, 3.8) is 0 Å². The maximum absolute atomic E-state index is 12.6. The van der Waals surface area contributed by atoms with Crippen LogP contribution in [0.3, 0.4) is 0 Å². The number of sulfonamides is 1. The molecule has 3 rings (SSSR count). The Balaban J connectivity index is 1.91. The molecule has 0 spiro atoms. The second-order valence-electron chi connectivity index (χ2n) is 6.51. The van der Waals surface area contributed by atoms with Crippen LogP contribution in [0, 0.1) is 0 Å². The minimum atomic E-state index is -3.15. The number of amides is 1. The molecule has 6 heteroatoms. The van der Waals surface area contributed by atoms with Gasteiger partial charge in [0.05, 0.1) is 5.25 Å². The molecular weight excluding hydrogens is 276 g/mol. The zero-order valence-electron chi connectivity index (χ0n) is 12.3. The fourth-order valence-electron chi connectivity index (χ4n) is 3.96. The van der Waals surface area contributed by atoms with E-state index in [4.69, 9.17) is 0 Å². The highest BCUT2D eigenvalue weighted by molar-refractivity contribution is 7.90. The number of piperazine rings is 1. The SMILES string of the molecule is CC(=O)N1C2CCCCC2N(S(=O)(=O)C2CC2)C[C@@H]1C. The number of hydrogen-bond donors (Lipinski definition) is 0. The van der Waals surface area contributed by atoms with Gasteiger partial charge in [0, 0.05) is 31.6 Å². The molecule has 0 bridgehead atoms. The van der Waals surface area contributed by atoms with Gasteiger partial charge in [0.25, 0.3) is 0 Å². The van der Waals surface area contributed by atoms with Crippen molar-refractivity contribution in [1.82, 2.24) is 9.21 Å². The predicted octanol–water partition coefficient (Wildman–Crippen LogP) is 1.34. The molecule has 3 fully saturated rings. The summed E-state index contributed by atoms with van der Waals surface area (Å²) < 4.78 is 27.0. The molecule has 5 nitrogen and oxygen atoms in total. The number of fused-ring (bicyclic) bond motifs is 1. The zero-order valence-corrected chi connectivity index (χ0v) is 13.1. The molecule has 3 aliphatic rings. The van der Waals surface area contributed by atoms with E-state index in [0.717, 1.165) is 38.5 Å². The van der Waals surface area contributed by atoms with E-state index < -0.39 is 10.0 Å². The Morgan fingerprint density at radius 1 is 1.05 bits per heavy atom. The van der Waals surface area contributed by atoms with E-state index >= 15 is 0 Å². The summed E-state index contributed by atoms with van der Waals surface area (Å²) in [5.41, 5.74) is 0. The van der Waals surface area contributed by atoms with Crippen LogP contribution in [0.25, 0.3) is 0 Å². The topological polar surface area (TPSA) is 57.7 Å². The summed E-state index contributed by atoms with van der Waals surface area (Å²) in [6, 6.07) is 0.0772. The van der Waals surface area contributed by atoms with Crippen molar-refractivity contribution >= 4 is 15.9 Å². The number of carbonyl (C=O) groups excluding carboxylic acids is 1. The molecule has 0 aromatic heterocycles. The van der Waals surface area contributed by atoms with Crippen molar-refractivity contribution in [1.29, 1.82) is 0 Å². The van der Waals surface area contributed by atoms with Crippen molar-refractivity contribution in [2.24, 2.45) is 0 Å². The van der Waals surface area contributed by atoms with Crippen LogP contribution in [0.1, 0.15) is 52.4 Å². The van der Waals surface area contributed by atoms with E-state index in [2.05, 4.69) is 0 Å². The molecule has 0 aromatic carbocycles. The lowest BCUT2D eigenvalue weighted by molar-refractivity contribution is -0.139. The third-order valence-corrected chi connectivity index (χ3v) is 7.36. The predicted molar refractivity (Wildman–Crippen MR) is 76.7 cm³/mol. The Morgan fingerprint density at radius 3 is 2.20 bits per heavy atom. The molecule has 0 aromatic rings. The summed E-state index contributed by atoms with van der Waals surface area (Å²) in [4.78, 5) is 13.9. The highest BCUT2D eigenvalue weighted by Gasteiger charge is 2.50. The van der Waals surface area contributed by atoms with E-state index in [1.807, 2.05) is 11.8 Å². The van der Waals surface area contributed by atoms with E-state index in [-0.39, 0.29) is 29.3 Å². The molecule has 2 saturated carbocycles. The summed E-state index contributed by atoms with van der Waals surface area (Å²) in [5, 5.41) is -0.152. The summed E-state index contributed by atoms with van der Waals surface area (Å²) in [6.07, 6.45) is 5.60. The van der Waals surface area contributed by atoms with Gasteiger partial charge in [0.2, 0.25) is 15.9 Å². The molecule has 1 saturated heterocycles. The van der Waals surface area contributed by atoms with Gasteiger partial charge < -0.3 is 4.90 Å². The summed E-state index contributed by atoms with van der Waals surface area (Å²) in [5.74, 6) is 0.0814. The van der Waals surface area contributed by atoms with Crippen molar-refractivity contribution < 1.29 is 13.2 Å². The third kappa shape index (κ3) is 2.26. The molecule has 2 aliphatic carbocycles. The van der Waals surface area contributed by atoms with E-state index in [1.165, 1.54) is 0 Å². The fraction of sp³-hybridized carbons (Fsp3) is 0.929. The van der Waals surface area contributed by atoms with Crippen LogP contribution in [0.4, 0.5) is 0 Å². The van der Waals surface area contributed by atoms with Crippen LogP contribution in [0.5, 0.6) is 0 Å². The van der Waals surface area contributed by atoms with Gasteiger partial charge >= 0.3 is 0 Å². The minimum absolute atomic E-state index is 0.00875. The van der Waals surface area contributed by atoms with Gasteiger partial charge in [-0.2, -0.15) is 4.31 Å². The first kappa shape index (κ1) is 14.3. The Bertz CT molecular complexity index is 501.